The third-order valence-electron chi connectivity index (χ3n) is 3.14. The van der Waals surface area contributed by atoms with Gasteiger partial charge in [0, 0.05) is 32.4 Å². The van der Waals surface area contributed by atoms with Crippen LogP contribution in [-0.4, -0.2) is 37.6 Å². The molecule has 1 atom stereocenters. The lowest BCUT2D eigenvalue weighted by molar-refractivity contribution is 0.0945. The average molecular weight is 318 g/mol. The number of aromatic nitrogens is 1. The Morgan fingerprint density at radius 2 is 2.00 bits per heavy atom. The summed E-state index contributed by atoms with van der Waals surface area (Å²) in [4.78, 5) is 19.3. The fourth-order valence-electron chi connectivity index (χ4n) is 1.95. The molecule has 1 amide bonds. The molecule has 1 heterocycles. The van der Waals surface area contributed by atoms with Gasteiger partial charge in [-0.2, -0.15) is 0 Å². The summed E-state index contributed by atoms with van der Waals surface area (Å²) in [6, 6.07) is 9.98. The number of anilines is 2. The number of aryl methyl sites for hydroxylation is 1. The molecular weight excluding hydrogens is 296 g/mol. The molecule has 1 aromatic carbocycles. The molecule has 0 spiro atoms. The molecular formula is C16H22N4OS. The minimum Gasteiger partial charge on any atom is -0.383 e. The van der Waals surface area contributed by atoms with Crippen LogP contribution in [-0.2, 0) is 0 Å². The van der Waals surface area contributed by atoms with E-state index >= 15 is 0 Å². The van der Waals surface area contributed by atoms with E-state index in [-0.39, 0.29) is 11.9 Å². The maximum atomic E-state index is 12.3. The first-order valence-electron chi connectivity index (χ1n) is 7.22. The van der Waals surface area contributed by atoms with Crippen LogP contribution in [0.25, 0.3) is 0 Å². The van der Waals surface area contributed by atoms with Crippen molar-refractivity contribution in [1.82, 2.24) is 10.3 Å². The van der Waals surface area contributed by atoms with Crippen LogP contribution in [0.2, 0.25) is 0 Å². The van der Waals surface area contributed by atoms with Gasteiger partial charge in [0.25, 0.3) is 5.91 Å². The SMILES string of the molecule is Cc1nc(N(C)C)sc1C(=O)NC(C)CNc1ccccc1. The second-order valence-corrected chi connectivity index (χ2v) is 6.40. The van der Waals surface area contributed by atoms with Crippen molar-refractivity contribution in [2.75, 3.05) is 30.9 Å². The van der Waals surface area contributed by atoms with Gasteiger partial charge < -0.3 is 15.5 Å². The highest BCUT2D eigenvalue weighted by Crippen LogP contribution is 2.24. The highest BCUT2D eigenvalue weighted by molar-refractivity contribution is 7.17. The molecule has 0 saturated carbocycles. The van der Waals surface area contributed by atoms with Gasteiger partial charge in [-0.15, -0.1) is 0 Å². The number of amides is 1. The lowest BCUT2D eigenvalue weighted by Crippen LogP contribution is -2.37. The van der Waals surface area contributed by atoms with Crippen molar-refractivity contribution in [2.45, 2.75) is 19.9 Å². The topological polar surface area (TPSA) is 57.3 Å². The summed E-state index contributed by atoms with van der Waals surface area (Å²) < 4.78 is 0. The highest BCUT2D eigenvalue weighted by atomic mass is 32.1. The molecule has 2 N–H and O–H groups in total. The Kier molecular flexibility index (Phi) is 5.38. The van der Waals surface area contributed by atoms with Gasteiger partial charge in [-0.05, 0) is 26.0 Å². The van der Waals surface area contributed by atoms with Crippen LogP contribution in [0.5, 0.6) is 0 Å². The van der Waals surface area contributed by atoms with Gasteiger partial charge in [0.05, 0.1) is 5.69 Å². The number of benzene rings is 1. The predicted octanol–water partition coefficient (Wildman–Crippen LogP) is 2.75. The zero-order valence-corrected chi connectivity index (χ0v) is 14.2. The van der Waals surface area contributed by atoms with Crippen molar-refractivity contribution in [3.8, 4) is 0 Å². The molecule has 0 saturated heterocycles. The van der Waals surface area contributed by atoms with Crippen LogP contribution in [0.15, 0.2) is 30.3 Å². The third-order valence-corrected chi connectivity index (χ3v) is 4.46. The third kappa shape index (κ3) is 4.21. The van der Waals surface area contributed by atoms with E-state index in [1.807, 2.05) is 63.2 Å². The lowest BCUT2D eigenvalue weighted by Gasteiger charge is -2.15. The molecule has 0 radical (unpaired) electrons. The van der Waals surface area contributed by atoms with Crippen molar-refractivity contribution in [2.24, 2.45) is 0 Å². The first-order chi connectivity index (χ1) is 10.5. The second-order valence-electron chi connectivity index (χ2n) is 5.43. The molecule has 0 bridgehead atoms. The maximum Gasteiger partial charge on any atom is 0.263 e. The van der Waals surface area contributed by atoms with E-state index in [2.05, 4.69) is 15.6 Å². The van der Waals surface area contributed by atoms with Crippen molar-refractivity contribution in [1.29, 1.82) is 0 Å². The molecule has 1 unspecified atom stereocenters. The maximum absolute atomic E-state index is 12.3. The van der Waals surface area contributed by atoms with Gasteiger partial charge >= 0.3 is 0 Å². The fraction of sp³-hybridized carbons (Fsp3) is 0.375. The van der Waals surface area contributed by atoms with Crippen molar-refractivity contribution in [3.05, 3.63) is 40.9 Å². The van der Waals surface area contributed by atoms with E-state index in [0.29, 0.717) is 11.4 Å². The molecule has 5 nitrogen and oxygen atoms in total. The number of hydrogen-bond acceptors (Lipinski definition) is 5. The van der Waals surface area contributed by atoms with E-state index < -0.39 is 0 Å². The second kappa shape index (κ2) is 7.26. The van der Waals surface area contributed by atoms with Gasteiger partial charge in [-0.3, -0.25) is 4.79 Å². The number of carbonyl (C=O) groups is 1. The quantitative estimate of drug-likeness (QED) is 0.860. The van der Waals surface area contributed by atoms with Crippen LogP contribution >= 0.6 is 11.3 Å². The Morgan fingerprint density at radius 1 is 1.32 bits per heavy atom. The van der Waals surface area contributed by atoms with Crippen LogP contribution in [0.1, 0.15) is 22.3 Å². The zero-order valence-electron chi connectivity index (χ0n) is 13.4. The Morgan fingerprint density at radius 3 is 2.59 bits per heavy atom. The molecule has 1 aromatic heterocycles. The number of hydrogen-bond donors (Lipinski definition) is 2. The van der Waals surface area contributed by atoms with Gasteiger partial charge in [0.1, 0.15) is 4.88 Å². The average Bonchev–Trinajstić information content (AvgIpc) is 2.88. The molecule has 2 rings (SSSR count). The molecule has 0 aliphatic rings. The highest BCUT2D eigenvalue weighted by Gasteiger charge is 2.17. The van der Waals surface area contributed by atoms with Crippen molar-refractivity contribution < 1.29 is 4.79 Å². The molecule has 0 aliphatic heterocycles. The van der Waals surface area contributed by atoms with Crippen molar-refractivity contribution in [3.63, 3.8) is 0 Å². The number of nitrogens with one attached hydrogen (secondary N) is 2. The summed E-state index contributed by atoms with van der Waals surface area (Å²) >= 11 is 1.41. The summed E-state index contributed by atoms with van der Waals surface area (Å²) in [6.45, 7) is 4.52. The number of rotatable bonds is 6. The zero-order chi connectivity index (χ0) is 16.1. The van der Waals surface area contributed by atoms with Gasteiger partial charge in [-0.25, -0.2) is 4.98 Å². The monoisotopic (exact) mass is 318 g/mol. The van der Waals surface area contributed by atoms with Crippen LogP contribution in [0.3, 0.4) is 0 Å². The first kappa shape index (κ1) is 16.3. The van der Waals surface area contributed by atoms with Crippen LogP contribution < -0.4 is 15.5 Å². The van der Waals surface area contributed by atoms with E-state index in [1.165, 1.54) is 11.3 Å². The summed E-state index contributed by atoms with van der Waals surface area (Å²) in [5, 5.41) is 7.16. The minimum absolute atomic E-state index is 0.0250. The van der Waals surface area contributed by atoms with E-state index in [0.717, 1.165) is 16.5 Å². The Balaban J connectivity index is 1.91. The number of nitrogens with zero attached hydrogens (tertiary/aromatic N) is 2. The molecule has 118 valence electrons. The van der Waals surface area contributed by atoms with Gasteiger partial charge in [0.2, 0.25) is 0 Å². The van der Waals surface area contributed by atoms with Crippen molar-refractivity contribution >= 4 is 28.1 Å². The molecule has 0 fully saturated rings. The summed E-state index contributed by atoms with van der Waals surface area (Å²) in [6.07, 6.45) is 0. The summed E-state index contributed by atoms with van der Waals surface area (Å²) in [5.41, 5.74) is 1.82. The molecule has 2 aromatic rings. The van der Waals surface area contributed by atoms with E-state index in [4.69, 9.17) is 0 Å². The Labute approximate surface area is 135 Å². The number of carbonyl (C=O) groups excluding carboxylic acids is 1. The largest absolute Gasteiger partial charge is 0.383 e. The Bertz CT molecular complexity index is 624. The molecule has 0 aliphatic carbocycles. The number of para-hydroxylation sites is 1. The predicted molar refractivity (Wildman–Crippen MR) is 93.0 cm³/mol. The standard InChI is InChI=1S/C16H22N4OS/c1-11(10-17-13-8-6-5-7-9-13)18-15(21)14-12(2)19-16(22-14)20(3)4/h5-9,11,17H,10H2,1-4H3,(H,18,21). The number of thiazole rings is 1. The summed E-state index contributed by atoms with van der Waals surface area (Å²) in [7, 11) is 3.85. The first-order valence-corrected chi connectivity index (χ1v) is 8.03. The van der Waals surface area contributed by atoms with Gasteiger partial charge in [0.15, 0.2) is 5.13 Å². The molecule has 6 heteroatoms. The lowest BCUT2D eigenvalue weighted by atomic mass is 10.2. The minimum atomic E-state index is -0.0644. The van der Waals surface area contributed by atoms with E-state index in [1.54, 1.807) is 0 Å². The Hall–Kier alpha value is -2.08. The summed E-state index contributed by atoms with van der Waals surface area (Å²) in [5.74, 6) is -0.0644. The van der Waals surface area contributed by atoms with Gasteiger partial charge in [-0.1, -0.05) is 29.5 Å². The normalized spacial score (nSPS) is 11.8. The molecule has 22 heavy (non-hydrogen) atoms. The fourth-order valence-corrected chi connectivity index (χ4v) is 2.84. The van der Waals surface area contributed by atoms with Crippen LogP contribution in [0.4, 0.5) is 10.8 Å². The van der Waals surface area contributed by atoms with E-state index in [9.17, 15) is 4.79 Å². The smallest absolute Gasteiger partial charge is 0.263 e. The van der Waals surface area contributed by atoms with Crippen LogP contribution in [0, 0.1) is 6.92 Å².